The summed E-state index contributed by atoms with van der Waals surface area (Å²) in [5, 5.41) is 18.2. The Hall–Kier alpha value is -1.62. The minimum absolute atomic E-state index is 0.0912. The highest BCUT2D eigenvalue weighted by Crippen LogP contribution is 2.21. The number of sulfonamides is 1. The number of benzene rings is 1. The molecule has 0 spiro atoms. The number of nitriles is 1. The summed E-state index contributed by atoms with van der Waals surface area (Å²) in [5.74, 6) is -1.26. The molecule has 0 saturated carbocycles. The van der Waals surface area contributed by atoms with E-state index >= 15 is 0 Å². The molecule has 0 radical (unpaired) electrons. The van der Waals surface area contributed by atoms with Crippen molar-refractivity contribution in [2.45, 2.75) is 37.1 Å². The third kappa shape index (κ3) is 4.70. The van der Waals surface area contributed by atoms with Crippen molar-refractivity contribution >= 4 is 27.6 Å². The second-order valence-electron chi connectivity index (χ2n) is 4.41. The number of hydrogen-bond acceptors (Lipinski definition) is 4. The number of nitrogens with one attached hydrogen (secondary N) is 1. The minimum Gasteiger partial charge on any atom is -0.480 e. The van der Waals surface area contributed by atoms with Crippen molar-refractivity contribution in [2.24, 2.45) is 0 Å². The second-order valence-corrected chi connectivity index (χ2v) is 6.53. The standard InChI is InChI=1S/C13H15ClN2O4S/c1-2-3-4-11(13(17)18)16-21(19,20)12-7-10(14)6-5-9(12)8-15/h5-7,11,16H,2-4H2,1H3,(H,17,18)/t11-/m0/s1. The van der Waals surface area contributed by atoms with E-state index in [2.05, 4.69) is 4.72 Å². The van der Waals surface area contributed by atoms with Crippen molar-refractivity contribution in [1.29, 1.82) is 5.26 Å². The van der Waals surface area contributed by atoms with Crippen LogP contribution in [0.4, 0.5) is 0 Å². The van der Waals surface area contributed by atoms with Crippen LogP contribution in [0.3, 0.4) is 0 Å². The topological polar surface area (TPSA) is 107 Å². The van der Waals surface area contributed by atoms with Crippen molar-refractivity contribution < 1.29 is 18.3 Å². The lowest BCUT2D eigenvalue weighted by molar-refractivity contribution is -0.139. The quantitative estimate of drug-likeness (QED) is 0.796. The fourth-order valence-corrected chi connectivity index (χ4v) is 3.35. The van der Waals surface area contributed by atoms with Gasteiger partial charge in [-0.2, -0.15) is 9.98 Å². The Morgan fingerprint density at radius 3 is 2.71 bits per heavy atom. The van der Waals surface area contributed by atoms with E-state index in [0.29, 0.717) is 6.42 Å². The highest BCUT2D eigenvalue weighted by atomic mass is 35.5. The predicted octanol–water partition coefficient (Wildman–Crippen LogP) is 2.13. The summed E-state index contributed by atoms with van der Waals surface area (Å²) in [5.41, 5.74) is -0.0912. The Bertz CT molecular complexity index is 667. The lowest BCUT2D eigenvalue weighted by Gasteiger charge is -2.15. The van der Waals surface area contributed by atoms with Crippen molar-refractivity contribution in [2.75, 3.05) is 0 Å². The van der Waals surface area contributed by atoms with Gasteiger partial charge in [0.2, 0.25) is 10.0 Å². The first-order valence-corrected chi connectivity index (χ1v) is 8.12. The van der Waals surface area contributed by atoms with Crippen LogP contribution in [0, 0.1) is 11.3 Å². The molecule has 0 aliphatic carbocycles. The van der Waals surface area contributed by atoms with E-state index in [0.717, 1.165) is 12.5 Å². The zero-order chi connectivity index (χ0) is 16.0. The van der Waals surface area contributed by atoms with E-state index in [9.17, 15) is 13.2 Å². The maximum absolute atomic E-state index is 12.3. The van der Waals surface area contributed by atoms with E-state index in [1.807, 2.05) is 6.92 Å². The molecule has 1 aromatic rings. The molecular formula is C13H15ClN2O4S. The Morgan fingerprint density at radius 1 is 1.52 bits per heavy atom. The number of rotatable bonds is 7. The molecule has 0 fully saturated rings. The van der Waals surface area contributed by atoms with E-state index in [1.54, 1.807) is 6.07 Å². The van der Waals surface area contributed by atoms with Crippen LogP contribution in [0.1, 0.15) is 31.7 Å². The molecule has 1 aromatic carbocycles. The van der Waals surface area contributed by atoms with Gasteiger partial charge in [0.05, 0.1) is 5.56 Å². The van der Waals surface area contributed by atoms with E-state index in [1.165, 1.54) is 12.1 Å². The Morgan fingerprint density at radius 2 is 2.19 bits per heavy atom. The monoisotopic (exact) mass is 330 g/mol. The Balaban J connectivity index is 3.13. The summed E-state index contributed by atoms with van der Waals surface area (Å²) in [6.07, 6.45) is 1.49. The van der Waals surface area contributed by atoms with Gasteiger partial charge in [0.25, 0.3) is 0 Å². The first-order chi connectivity index (χ1) is 9.81. The van der Waals surface area contributed by atoms with Gasteiger partial charge in [0.1, 0.15) is 17.0 Å². The first kappa shape index (κ1) is 17.4. The van der Waals surface area contributed by atoms with Crippen molar-refractivity contribution in [3.63, 3.8) is 0 Å². The fraction of sp³-hybridized carbons (Fsp3) is 0.385. The molecule has 2 N–H and O–H groups in total. The molecule has 0 aliphatic rings. The minimum atomic E-state index is -4.14. The van der Waals surface area contributed by atoms with Gasteiger partial charge < -0.3 is 5.11 Å². The number of nitrogens with zero attached hydrogens (tertiary/aromatic N) is 1. The molecule has 8 heteroatoms. The lowest BCUT2D eigenvalue weighted by Crippen LogP contribution is -2.40. The molecule has 0 unspecified atom stereocenters. The predicted molar refractivity (Wildman–Crippen MR) is 77.4 cm³/mol. The molecule has 21 heavy (non-hydrogen) atoms. The van der Waals surface area contributed by atoms with Crippen LogP contribution in [-0.2, 0) is 14.8 Å². The van der Waals surface area contributed by atoms with Gasteiger partial charge in [0.15, 0.2) is 0 Å². The summed E-state index contributed by atoms with van der Waals surface area (Å²) in [7, 11) is -4.14. The fourth-order valence-electron chi connectivity index (χ4n) is 1.70. The van der Waals surface area contributed by atoms with Crippen LogP contribution in [0.15, 0.2) is 23.1 Å². The summed E-state index contributed by atoms with van der Waals surface area (Å²) in [6, 6.07) is 4.31. The number of hydrogen-bond donors (Lipinski definition) is 2. The smallest absolute Gasteiger partial charge is 0.321 e. The van der Waals surface area contributed by atoms with Crippen molar-refractivity contribution in [3.8, 4) is 6.07 Å². The molecule has 1 atom stereocenters. The van der Waals surface area contributed by atoms with E-state index in [4.69, 9.17) is 22.0 Å². The van der Waals surface area contributed by atoms with Gasteiger partial charge in [0, 0.05) is 5.02 Å². The molecule has 1 rings (SSSR count). The summed E-state index contributed by atoms with van der Waals surface area (Å²) >= 11 is 5.74. The zero-order valence-corrected chi connectivity index (χ0v) is 12.9. The lowest BCUT2D eigenvalue weighted by atomic mass is 10.1. The number of unbranched alkanes of at least 4 members (excludes halogenated alkanes) is 1. The van der Waals surface area contributed by atoms with Crippen LogP contribution < -0.4 is 4.72 Å². The van der Waals surface area contributed by atoms with Gasteiger partial charge in [-0.1, -0.05) is 31.4 Å². The third-order valence-corrected chi connectivity index (χ3v) is 4.54. The van der Waals surface area contributed by atoms with Crippen molar-refractivity contribution in [1.82, 2.24) is 4.72 Å². The summed E-state index contributed by atoms with van der Waals surface area (Å²) in [4.78, 5) is 10.8. The third-order valence-electron chi connectivity index (χ3n) is 2.80. The second kappa shape index (κ2) is 7.41. The average molecular weight is 331 g/mol. The van der Waals surface area contributed by atoms with Crippen LogP contribution >= 0.6 is 11.6 Å². The zero-order valence-electron chi connectivity index (χ0n) is 11.3. The summed E-state index contributed by atoms with van der Waals surface area (Å²) in [6.45, 7) is 1.87. The van der Waals surface area contributed by atoms with Crippen LogP contribution in [-0.4, -0.2) is 25.5 Å². The number of carboxylic acids is 1. The van der Waals surface area contributed by atoms with Crippen LogP contribution in [0.2, 0.25) is 5.02 Å². The molecule has 0 aliphatic heterocycles. The molecule has 6 nitrogen and oxygen atoms in total. The van der Waals surface area contributed by atoms with Gasteiger partial charge >= 0.3 is 5.97 Å². The largest absolute Gasteiger partial charge is 0.480 e. The molecule has 0 bridgehead atoms. The first-order valence-electron chi connectivity index (χ1n) is 6.26. The molecule has 0 saturated heterocycles. The maximum atomic E-state index is 12.3. The Labute approximate surface area is 128 Å². The van der Waals surface area contributed by atoms with Crippen LogP contribution in [0.5, 0.6) is 0 Å². The maximum Gasteiger partial charge on any atom is 0.321 e. The molecule has 0 heterocycles. The van der Waals surface area contributed by atoms with Gasteiger partial charge in [-0.3, -0.25) is 4.79 Å². The van der Waals surface area contributed by atoms with Gasteiger partial charge in [-0.15, -0.1) is 0 Å². The van der Waals surface area contributed by atoms with Crippen molar-refractivity contribution in [3.05, 3.63) is 28.8 Å². The SMILES string of the molecule is CCCC[C@H](NS(=O)(=O)c1cc(Cl)ccc1C#N)C(=O)O. The van der Waals surface area contributed by atoms with Crippen LogP contribution in [0.25, 0.3) is 0 Å². The van der Waals surface area contributed by atoms with Gasteiger partial charge in [-0.05, 0) is 24.6 Å². The molecular weight excluding hydrogens is 316 g/mol. The Kier molecular flexibility index (Phi) is 6.15. The highest BCUT2D eigenvalue weighted by Gasteiger charge is 2.27. The molecule has 0 aromatic heterocycles. The average Bonchev–Trinajstić information content (AvgIpc) is 2.43. The molecule has 114 valence electrons. The van der Waals surface area contributed by atoms with Gasteiger partial charge in [-0.25, -0.2) is 8.42 Å². The summed E-state index contributed by atoms with van der Waals surface area (Å²) < 4.78 is 26.6. The normalized spacial score (nSPS) is 12.6. The number of carbonyl (C=O) groups is 1. The van der Waals surface area contributed by atoms with E-state index in [-0.39, 0.29) is 21.9 Å². The molecule has 0 amide bonds. The highest BCUT2D eigenvalue weighted by molar-refractivity contribution is 7.89. The number of carboxylic acid groups (broad SMARTS) is 1. The number of halogens is 1. The number of aliphatic carboxylic acids is 1. The van der Waals surface area contributed by atoms with E-state index < -0.39 is 22.0 Å².